The van der Waals surface area contributed by atoms with E-state index in [1.54, 1.807) is 18.3 Å². The van der Waals surface area contributed by atoms with Crippen molar-refractivity contribution in [3.8, 4) is 11.5 Å². The molecule has 1 unspecified atom stereocenters. The smallest absolute Gasteiger partial charge is 0.269 e. The number of fused-ring (bicyclic) bond motifs is 1. The first-order valence-electron chi connectivity index (χ1n) is 10.3. The summed E-state index contributed by atoms with van der Waals surface area (Å²) in [5.74, 6) is 0.517. The maximum absolute atomic E-state index is 13.6. The van der Waals surface area contributed by atoms with Crippen LogP contribution in [0.25, 0.3) is 10.8 Å². The second-order valence-corrected chi connectivity index (χ2v) is 8.77. The van der Waals surface area contributed by atoms with Gasteiger partial charge in [-0.2, -0.15) is 0 Å². The first-order valence-corrected chi connectivity index (χ1v) is 10.3. The lowest BCUT2D eigenvalue weighted by Gasteiger charge is -2.27. The zero-order valence-corrected chi connectivity index (χ0v) is 19.5. The Bertz CT molecular complexity index is 1270. The topological polar surface area (TPSA) is 113 Å². The van der Waals surface area contributed by atoms with Crippen LogP contribution in [0, 0.1) is 17.0 Å². The molecule has 3 rings (SSSR count). The Kier molecular flexibility index (Phi) is 6.44. The zero-order chi connectivity index (χ0) is 24.5. The average Bonchev–Trinajstić information content (AvgIpc) is 2.75. The van der Waals surface area contributed by atoms with Crippen LogP contribution in [-0.2, 0) is 4.79 Å². The fraction of sp³-hybridized carbons (Fsp3) is 0.333. The van der Waals surface area contributed by atoms with Crippen LogP contribution in [0.4, 0.5) is 5.69 Å². The van der Waals surface area contributed by atoms with Crippen molar-refractivity contribution in [2.45, 2.75) is 39.3 Å². The van der Waals surface area contributed by atoms with Gasteiger partial charge in [-0.3, -0.25) is 24.3 Å². The number of ether oxygens (including phenoxy) is 2. The molecule has 1 heterocycles. The molecule has 1 atom stereocenters. The first-order chi connectivity index (χ1) is 15.5. The van der Waals surface area contributed by atoms with E-state index in [4.69, 9.17) is 9.47 Å². The third-order valence-electron chi connectivity index (χ3n) is 5.17. The number of pyridine rings is 1. The van der Waals surface area contributed by atoms with Gasteiger partial charge in [-0.05, 0) is 57.0 Å². The van der Waals surface area contributed by atoms with Gasteiger partial charge in [-0.1, -0.05) is 0 Å². The van der Waals surface area contributed by atoms with Crippen molar-refractivity contribution in [2.24, 2.45) is 0 Å². The minimum atomic E-state index is -1.04. The van der Waals surface area contributed by atoms with Gasteiger partial charge in [0.1, 0.15) is 17.5 Å². The summed E-state index contributed by atoms with van der Waals surface area (Å²) in [6.45, 7) is 7.33. The number of nitrogens with zero attached hydrogens (tertiary/aromatic N) is 2. The van der Waals surface area contributed by atoms with Crippen LogP contribution in [0.3, 0.4) is 0 Å². The summed E-state index contributed by atoms with van der Waals surface area (Å²) in [4.78, 5) is 37.6. The molecule has 0 aliphatic rings. The molecule has 0 aliphatic carbocycles. The summed E-state index contributed by atoms with van der Waals surface area (Å²) in [5.41, 5.74) is 0.0843. The fourth-order valence-corrected chi connectivity index (χ4v) is 3.76. The molecular formula is C24H27N3O6. The third kappa shape index (κ3) is 4.82. The van der Waals surface area contributed by atoms with E-state index >= 15 is 0 Å². The molecular weight excluding hydrogens is 426 g/mol. The van der Waals surface area contributed by atoms with Gasteiger partial charge in [-0.15, -0.1) is 0 Å². The molecule has 0 radical (unpaired) electrons. The Hall–Kier alpha value is -3.88. The molecule has 0 bridgehead atoms. The first kappa shape index (κ1) is 23.8. The van der Waals surface area contributed by atoms with Crippen molar-refractivity contribution < 1.29 is 19.2 Å². The van der Waals surface area contributed by atoms with Gasteiger partial charge in [0.2, 0.25) is 5.91 Å². The van der Waals surface area contributed by atoms with E-state index < -0.39 is 28.0 Å². The molecule has 0 saturated carbocycles. The van der Waals surface area contributed by atoms with E-state index in [1.165, 1.54) is 43.1 Å². The van der Waals surface area contributed by atoms with E-state index in [1.807, 2.05) is 27.7 Å². The van der Waals surface area contributed by atoms with Crippen molar-refractivity contribution in [3.05, 3.63) is 74.2 Å². The largest absolute Gasteiger partial charge is 0.497 e. The molecule has 0 saturated heterocycles. The molecule has 3 aromatic rings. The number of carbonyl (C=O) groups excluding carboxylic acids is 1. The quantitative estimate of drug-likeness (QED) is 0.449. The highest BCUT2D eigenvalue weighted by atomic mass is 16.6. The van der Waals surface area contributed by atoms with Crippen LogP contribution in [-0.4, -0.2) is 35.2 Å². The number of rotatable bonds is 6. The predicted octanol–water partition coefficient (Wildman–Crippen LogP) is 3.74. The molecule has 0 fully saturated rings. The Balaban J connectivity index is 2.30. The van der Waals surface area contributed by atoms with Crippen LogP contribution in [0.2, 0.25) is 0 Å². The Morgan fingerprint density at radius 3 is 2.27 bits per heavy atom. The van der Waals surface area contributed by atoms with Crippen LogP contribution < -0.4 is 20.3 Å². The molecule has 9 nitrogen and oxygen atoms in total. The lowest BCUT2D eigenvalue weighted by atomic mass is 10.0. The summed E-state index contributed by atoms with van der Waals surface area (Å²) in [6, 6.07) is 7.87. The van der Waals surface area contributed by atoms with E-state index in [-0.39, 0.29) is 5.69 Å². The minimum Gasteiger partial charge on any atom is -0.497 e. The number of hydrogen-bond acceptors (Lipinski definition) is 6. The number of aromatic nitrogens is 1. The number of non-ortho nitro benzene ring substituents is 1. The Morgan fingerprint density at radius 1 is 1.12 bits per heavy atom. The number of carbonyl (C=O) groups is 1. The maximum atomic E-state index is 13.6. The van der Waals surface area contributed by atoms with E-state index in [2.05, 4.69) is 5.32 Å². The van der Waals surface area contributed by atoms with E-state index in [0.717, 1.165) is 5.56 Å². The van der Waals surface area contributed by atoms with Gasteiger partial charge in [0.05, 0.1) is 24.5 Å². The van der Waals surface area contributed by atoms with Crippen LogP contribution in [0.1, 0.15) is 37.9 Å². The van der Waals surface area contributed by atoms with Crippen molar-refractivity contribution in [3.63, 3.8) is 0 Å². The van der Waals surface area contributed by atoms with Gasteiger partial charge in [-0.25, -0.2) is 0 Å². The number of nitro benzene ring substituents is 1. The normalized spacial score (nSPS) is 12.3. The van der Waals surface area contributed by atoms with Crippen LogP contribution in [0.5, 0.6) is 11.5 Å². The van der Waals surface area contributed by atoms with E-state index in [9.17, 15) is 19.7 Å². The van der Waals surface area contributed by atoms with Gasteiger partial charge in [0.25, 0.3) is 11.2 Å². The second-order valence-electron chi connectivity index (χ2n) is 8.77. The maximum Gasteiger partial charge on any atom is 0.269 e. The van der Waals surface area contributed by atoms with Gasteiger partial charge in [0, 0.05) is 35.3 Å². The summed E-state index contributed by atoms with van der Waals surface area (Å²) < 4.78 is 12.1. The number of nitro groups is 1. The van der Waals surface area contributed by atoms with Gasteiger partial charge >= 0.3 is 0 Å². The van der Waals surface area contributed by atoms with Gasteiger partial charge in [0.15, 0.2) is 0 Å². The van der Waals surface area contributed by atoms with Crippen LogP contribution in [0.15, 0.2) is 47.4 Å². The number of methoxy groups -OCH3 is 2. The monoisotopic (exact) mass is 453 g/mol. The number of benzene rings is 2. The lowest BCUT2D eigenvalue weighted by molar-refractivity contribution is -0.384. The highest BCUT2D eigenvalue weighted by Crippen LogP contribution is 2.33. The predicted molar refractivity (Wildman–Crippen MR) is 125 cm³/mol. The minimum absolute atomic E-state index is 0.106. The lowest BCUT2D eigenvalue weighted by Crippen LogP contribution is -2.46. The number of amides is 1. The molecule has 1 amide bonds. The highest BCUT2D eigenvalue weighted by Gasteiger charge is 2.29. The Labute approximate surface area is 191 Å². The van der Waals surface area contributed by atoms with Crippen molar-refractivity contribution in [1.29, 1.82) is 0 Å². The summed E-state index contributed by atoms with van der Waals surface area (Å²) in [5, 5.41) is 15.0. The molecule has 174 valence electrons. The summed E-state index contributed by atoms with van der Waals surface area (Å²) >= 11 is 0. The van der Waals surface area contributed by atoms with Crippen LogP contribution >= 0.6 is 0 Å². The molecule has 33 heavy (non-hydrogen) atoms. The standard InChI is InChI=1S/C24H27N3O6/c1-14-13-26(23(29)18-11-17(32-5)12-19(33-6)20(14)18)21(22(28)25-24(2,3)4)15-7-9-16(10-8-15)27(30)31/h7-13,21H,1-6H3,(H,25,28). The average molecular weight is 453 g/mol. The van der Waals surface area contributed by atoms with E-state index in [0.29, 0.717) is 27.8 Å². The molecule has 2 aromatic carbocycles. The summed E-state index contributed by atoms with van der Waals surface area (Å²) in [6.07, 6.45) is 1.61. The van der Waals surface area contributed by atoms with Crippen molar-refractivity contribution in [2.75, 3.05) is 14.2 Å². The van der Waals surface area contributed by atoms with Crippen molar-refractivity contribution >= 4 is 22.4 Å². The highest BCUT2D eigenvalue weighted by molar-refractivity contribution is 5.92. The number of hydrogen-bond donors (Lipinski definition) is 1. The molecule has 1 aromatic heterocycles. The molecule has 1 N–H and O–H groups in total. The third-order valence-corrected chi connectivity index (χ3v) is 5.17. The Morgan fingerprint density at radius 2 is 1.76 bits per heavy atom. The number of aryl methyl sites for hydroxylation is 1. The second kappa shape index (κ2) is 8.93. The SMILES string of the molecule is COc1cc(OC)c2c(C)cn(C(C(=O)NC(C)(C)C)c3ccc([N+](=O)[O-])cc3)c(=O)c2c1. The van der Waals surface area contributed by atoms with Gasteiger partial charge < -0.3 is 14.8 Å². The fourth-order valence-electron chi connectivity index (χ4n) is 3.76. The van der Waals surface area contributed by atoms with Crippen molar-refractivity contribution in [1.82, 2.24) is 9.88 Å². The zero-order valence-electron chi connectivity index (χ0n) is 19.5. The number of nitrogens with one attached hydrogen (secondary N) is 1. The molecule has 0 aliphatic heterocycles. The molecule has 9 heteroatoms. The molecule has 0 spiro atoms. The summed E-state index contributed by atoms with van der Waals surface area (Å²) in [7, 11) is 3.00.